The van der Waals surface area contributed by atoms with Crippen LogP contribution in [0.25, 0.3) is 0 Å². The van der Waals surface area contributed by atoms with E-state index < -0.39 is 0 Å². The second-order valence-corrected chi connectivity index (χ2v) is 6.44. The highest BCUT2D eigenvalue weighted by Crippen LogP contribution is 2.30. The largest absolute Gasteiger partial charge is 0.355 e. The molecule has 3 heteroatoms. The molecule has 2 N–H and O–H groups in total. The Balaban J connectivity index is 1.77. The van der Waals surface area contributed by atoms with Crippen LogP contribution < -0.4 is 10.6 Å². The molecule has 2 aliphatic rings. The minimum absolute atomic E-state index is 0.179. The minimum atomic E-state index is -0.258. The lowest BCUT2D eigenvalue weighted by Gasteiger charge is -2.30. The first-order valence-corrected chi connectivity index (χ1v) is 6.49. The molecule has 2 atom stereocenters. The maximum Gasteiger partial charge on any atom is 0.225 e. The molecule has 2 aliphatic heterocycles. The average Bonchev–Trinajstić information content (AvgIpc) is 2.53. The number of nitrogens with one attached hydrogen (secondary N) is 2. The van der Waals surface area contributed by atoms with Gasteiger partial charge in [0, 0.05) is 24.0 Å². The molecule has 92 valence electrons. The van der Waals surface area contributed by atoms with Crippen molar-refractivity contribution in [2.45, 2.75) is 58.5 Å². The second kappa shape index (κ2) is 4.36. The third kappa shape index (κ3) is 2.76. The van der Waals surface area contributed by atoms with E-state index in [0.29, 0.717) is 5.92 Å². The van der Waals surface area contributed by atoms with E-state index in [0.717, 1.165) is 18.6 Å². The lowest BCUT2D eigenvalue weighted by molar-refractivity contribution is -0.128. The van der Waals surface area contributed by atoms with Crippen molar-refractivity contribution in [3.63, 3.8) is 0 Å². The summed E-state index contributed by atoms with van der Waals surface area (Å²) in [5.74, 6) is 0.864. The van der Waals surface area contributed by atoms with Gasteiger partial charge >= 0.3 is 0 Å². The smallest absolute Gasteiger partial charge is 0.225 e. The summed E-state index contributed by atoms with van der Waals surface area (Å²) < 4.78 is 0. The van der Waals surface area contributed by atoms with Crippen molar-refractivity contribution in [2.24, 2.45) is 11.3 Å². The summed E-state index contributed by atoms with van der Waals surface area (Å²) in [5.41, 5.74) is -0.258. The SMILES string of the molecule is CC(C)(C)C(=O)NCC1CC2CCC(C1)N2. The molecule has 2 fully saturated rings. The zero-order chi connectivity index (χ0) is 11.8. The summed E-state index contributed by atoms with van der Waals surface area (Å²) >= 11 is 0. The Morgan fingerprint density at radius 1 is 1.25 bits per heavy atom. The molecule has 2 unspecified atom stereocenters. The molecule has 0 aromatic heterocycles. The van der Waals surface area contributed by atoms with Crippen molar-refractivity contribution in [3.05, 3.63) is 0 Å². The number of carbonyl (C=O) groups excluding carboxylic acids is 1. The average molecular weight is 224 g/mol. The van der Waals surface area contributed by atoms with E-state index in [9.17, 15) is 4.79 Å². The molecule has 2 rings (SSSR count). The summed E-state index contributed by atoms with van der Waals surface area (Å²) in [6.07, 6.45) is 5.13. The van der Waals surface area contributed by atoms with Crippen LogP contribution in [-0.2, 0) is 4.79 Å². The summed E-state index contributed by atoms with van der Waals surface area (Å²) in [6, 6.07) is 1.44. The van der Waals surface area contributed by atoms with Crippen LogP contribution in [-0.4, -0.2) is 24.5 Å². The van der Waals surface area contributed by atoms with Gasteiger partial charge in [0.1, 0.15) is 0 Å². The highest BCUT2D eigenvalue weighted by Gasteiger charge is 2.33. The van der Waals surface area contributed by atoms with Gasteiger partial charge in [-0.2, -0.15) is 0 Å². The molecular weight excluding hydrogens is 200 g/mol. The first-order chi connectivity index (χ1) is 7.45. The Morgan fingerprint density at radius 3 is 2.31 bits per heavy atom. The Bertz CT molecular complexity index is 258. The Morgan fingerprint density at radius 2 is 1.81 bits per heavy atom. The molecule has 0 aliphatic carbocycles. The lowest BCUT2D eigenvalue weighted by atomic mass is 9.91. The van der Waals surface area contributed by atoms with E-state index in [1.807, 2.05) is 20.8 Å². The lowest BCUT2D eigenvalue weighted by Crippen LogP contribution is -2.44. The van der Waals surface area contributed by atoms with Gasteiger partial charge in [-0.05, 0) is 31.6 Å². The molecule has 0 radical (unpaired) electrons. The van der Waals surface area contributed by atoms with Crippen LogP contribution in [0.15, 0.2) is 0 Å². The van der Waals surface area contributed by atoms with Crippen LogP contribution in [0.2, 0.25) is 0 Å². The molecule has 0 saturated carbocycles. The third-order valence-electron chi connectivity index (χ3n) is 3.80. The number of hydrogen-bond acceptors (Lipinski definition) is 2. The van der Waals surface area contributed by atoms with E-state index in [1.54, 1.807) is 0 Å². The molecule has 1 amide bonds. The standard InChI is InChI=1S/C13H24N2O/c1-13(2,3)12(16)14-8-9-6-10-4-5-11(7-9)15-10/h9-11,15H,4-8H2,1-3H3,(H,14,16). The summed E-state index contributed by atoms with van der Waals surface area (Å²) in [5, 5.41) is 6.72. The quantitative estimate of drug-likeness (QED) is 0.749. The molecule has 0 aromatic carbocycles. The fraction of sp³-hybridized carbons (Fsp3) is 0.923. The van der Waals surface area contributed by atoms with E-state index in [4.69, 9.17) is 0 Å². The van der Waals surface area contributed by atoms with Gasteiger partial charge in [0.15, 0.2) is 0 Å². The van der Waals surface area contributed by atoms with Gasteiger partial charge in [-0.15, -0.1) is 0 Å². The second-order valence-electron chi connectivity index (χ2n) is 6.44. The number of amides is 1. The van der Waals surface area contributed by atoms with Crippen molar-refractivity contribution in [1.82, 2.24) is 10.6 Å². The normalized spacial score (nSPS) is 33.8. The van der Waals surface area contributed by atoms with Crippen LogP contribution in [0.3, 0.4) is 0 Å². The molecule has 3 nitrogen and oxygen atoms in total. The van der Waals surface area contributed by atoms with Crippen molar-refractivity contribution in [1.29, 1.82) is 0 Å². The van der Waals surface area contributed by atoms with Crippen molar-refractivity contribution < 1.29 is 4.79 Å². The van der Waals surface area contributed by atoms with Gasteiger partial charge in [-0.25, -0.2) is 0 Å². The van der Waals surface area contributed by atoms with Gasteiger partial charge in [0.25, 0.3) is 0 Å². The number of piperidine rings is 1. The summed E-state index contributed by atoms with van der Waals surface area (Å²) in [4.78, 5) is 11.8. The molecule has 2 saturated heterocycles. The van der Waals surface area contributed by atoms with Crippen molar-refractivity contribution >= 4 is 5.91 Å². The van der Waals surface area contributed by atoms with Crippen LogP contribution in [0.5, 0.6) is 0 Å². The van der Waals surface area contributed by atoms with E-state index in [-0.39, 0.29) is 11.3 Å². The Kier molecular flexibility index (Phi) is 3.24. The molecule has 2 bridgehead atoms. The summed E-state index contributed by atoms with van der Waals surface area (Å²) in [7, 11) is 0. The van der Waals surface area contributed by atoms with E-state index >= 15 is 0 Å². The Labute approximate surface area is 98.4 Å². The number of hydrogen-bond donors (Lipinski definition) is 2. The topological polar surface area (TPSA) is 41.1 Å². The molecular formula is C13H24N2O. The van der Waals surface area contributed by atoms with Gasteiger partial charge in [0.2, 0.25) is 5.91 Å². The number of carbonyl (C=O) groups is 1. The first-order valence-electron chi connectivity index (χ1n) is 6.49. The van der Waals surface area contributed by atoms with Gasteiger partial charge in [-0.1, -0.05) is 20.8 Å². The highest BCUT2D eigenvalue weighted by atomic mass is 16.2. The minimum Gasteiger partial charge on any atom is -0.355 e. The van der Waals surface area contributed by atoms with Gasteiger partial charge in [-0.3, -0.25) is 4.79 Å². The van der Waals surface area contributed by atoms with Crippen LogP contribution in [0, 0.1) is 11.3 Å². The predicted molar refractivity (Wildman–Crippen MR) is 65.1 cm³/mol. The highest BCUT2D eigenvalue weighted by molar-refractivity contribution is 5.81. The fourth-order valence-corrected chi connectivity index (χ4v) is 2.84. The van der Waals surface area contributed by atoms with Crippen LogP contribution >= 0.6 is 0 Å². The third-order valence-corrected chi connectivity index (χ3v) is 3.80. The first kappa shape index (κ1) is 11.9. The summed E-state index contributed by atoms with van der Waals surface area (Å²) in [6.45, 7) is 6.77. The molecule has 0 spiro atoms. The zero-order valence-corrected chi connectivity index (χ0v) is 10.7. The van der Waals surface area contributed by atoms with Crippen molar-refractivity contribution in [2.75, 3.05) is 6.54 Å². The van der Waals surface area contributed by atoms with Gasteiger partial charge < -0.3 is 10.6 Å². The molecule has 0 aromatic rings. The monoisotopic (exact) mass is 224 g/mol. The number of rotatable bonds is 2. The maximum absolute atomic E-state index is 11.8. The van der Waals surface area contributed by atoms with Gasteiger partial charge in [0.05, 0.1) is 0 Å². The van der Waals surface area contributed by atoms with E-state index in [1.165, 1.54) is 25.7 Å². The van der Waals surface area contributed by atoms with Crippen LogP contribution in [0.4, 0.5) is 0 Å². The fourth-order valence-electron chi connectivity index (χ4n) is 2.84. The molecule has 16 heavy (non-hydrogen) atoms. The van der Waals surface area contributed by atoms with Crippen molar-refractivity contribution in [3.8, 4) is 0 Å². The number of fused-ring (bicyclic) bond motifs is 2. The Hall–Kier alpha value is -0.570. The van der Waals surface area contributed by atoms with Crippen LogP contribution in [0.1, 0.15) is 46.5 Å². The molecule has 2 heterocycles. The maximum atomic E-state index is 11.8. The zero-order valence-electron chi connectivity index (χ0n) is 10.7. The predicted octanol–water partition coefficient (Wildman–Crippen LogP) is 1.68. The van der Waals surface area contributed by atoms with E-state index in [2.05, 4.69) is 10.6 Å².